The van der Waals surface area contributed by atoms with Crippen molar-refractivity contribution in [3.8, 4) is 0 Å². The molecule has 1 N–H and O–H groups in total. The van der Waals surface area contributed by atoms with E-state index in [1.165, 1.54) is 5.56 Å². The summed E-state index contributed by atoms with van der Waals surface area (Å²) in [4.78, 5) is 26.3. The van der Waals surface area contributed by atoms with Crippen LogP contribution in [0, 0.1) is 0 Å². The zero-order valence-corrected chi connectivity index (χ0v) is 16.0. The predicted molar refractivity (Wildman–Crippen MR) is 98.7 cm³/mol. The predicted octanol–water partition coefficient (Wildman–Crippen LogP) is 2.74. The van der Waals surface area contributed by atoms with Gasteiger partial charge in [-0.15, -0.1) is 0 Å². The number of nitrogens with one attached hydrogen (secondary N) is 1. The van der Waals surface area contributed by atoms with Crippen molar-refractivity contribution < 1.29 is 14.3 Å². The maximum atomic E-state index is 12.3. The average Bonchev–Trinajstić information content (AvgIpc) is 2.53. The van der Waals surface area contributed by atoms with Crippen molar-refractivity contribution >= 4 is 11.8 Å². The largest absolute Gasteiger partial charge is 0.372 e. The van der Waals surface area contributed by atoms with E-state index >= 15 is 0 Å². The number of ether oxygens (including phenoxy) is 1. The Morgan fingerprint density at radius 1 is 1.12 bits per heavy atom. The van der Waals surface area contributed by atoms with Gasteiger partial charge in [0, 0.05) is 31.6 Å². The molecule has 1 fully saturated rings. The molecule has 138 valence electrons. The lowest BCUT2D eigenvalue weighted by molar-refractivity contribution is -0.143. The fraction of sp³-hybridized carbons (Fsp3) is 0.600. The number of amides is 2. The summed E-state index contributed by atoms with van der Waals surface area (Å²) in [5.41, 5.74) is 1.87. The van der Waals surface area contributed by atoms with E-state index < -0.39 is 0 Å². The van der Waals surface area contributed by atoms with Gasteiger partial charge in [-0.2, -0.15) is 0 Å². The molecule has 1 heterocycles. The van der Waals surface area contributed by atoms with E-state index in [-0.39, 0.29) is 29.4 Å². The van der Waals surface area contributed by atoms with Crippen LogP contribution < -0.4 is 5.32 Å². The van der Waals surface area contributed by atoms with E-state index in [1.54, 1.807) is 0 Å². The summed E-state index contributed by atoms with van der Waals surface area (Å²) >= 11 is 0. The lowest BCUT2D eigenvalue weighted by atomic mass is 9.87. The molecule has 5 nitrogen and oxygen atoms in total. The normalized spacial score (nSPS) is 21.1. The third kappa shape index (κ3) is 5.56. The van der Waals surface area contributed by atoms with Gasteiger partial charge in [-0.25, -0.2) is 0 Å². The minimum absolute atomic E-state index is 0.0589. The fourth-order valence-corrected chi connectivity index (χ4v) is 3.05. The van der Waals surface area contributed by atoms with E-state index in [2.05, 4.69) is 26.1 Å². The average molecular weight is 346 g/mol. The van der Waals surface area contributed by atoms with Crippen molar-refractivity contribution in [1.82, 2.24) is 10.2 Å². The van der Waals surface area contributed by atoms with Gasteiger partial charge in [-0.05, 0) is 37.0 Å². The summed E-state index contributed by atoms with van der Waals surface area (Å²) < 4.78 is 5.64. The van der Waals surface area contributed by atoms with Crippen LogP contribution in [0.3, 0.4) is 0 Å². The molecule has 5 heteroatoms. The molecule has 0 aromatic heterocycles. The van der Waals surface area contributed by atoms with Crippen LogP contribution in [0.25, 0.3) is 0 Å². The van der Waals surface area contributed by atoms with Crippen LogP contribution in [0.2, 0.25) is 0 Å². The third-order valence-electron chi connectivity index (χ3n) is 4.41. The zero-order chi connectivity index (χ0) is 18.6. The standard InChI is InChI=1S/C20H30N2O3/c1-14-12-22(13-15(2)25-14)18(23)10-11-21-19(24)16-6-8-17(9-7-16)20(3,4)5/h6-9,14-15H,10-13H2,1-5H3,(H,21,24)/t14-,15-/m1/s1. The Bertz CT molecular complexity index is 594. The van der Waals surface area contributed by atoms with Crippen molar-refractivity contribution in [2.75, 3.05) is 19.6 Å². The van der Waals surface area contributed by atoms with E-state index in [9.17, 15) is 9.59 Å². The molecule has 0 spiro atoms. The van der Waals surface area contributed by atoms with Gasteiger partial charge in [0.05, 0.1) is 12.2 Å². The minimum Gasteiger partial charge on any atom is -0.372 e. The fourth-order valence-electron chi connectivity index (χ4n) is 3.05. The first-order chi connectivity index (χ1) is 11.7. The Morgan fingerprint density at radius 3 is 2.20 bits per heavy atom. The minimum atomic E-state index is -0.142. The summed E-state index contributed by atoms with van der Waals surface area (Å²) in [6, 6.07) is 7.64. The van der Waals surface area contributed by atoms with Crippen LogP contribution in [-0.4, -0.2) is 48.6 Å². The maximum Gasteiger partial charge on any atom is 0.251 e. The highest BCUT2D eigenvalue weighted by Gasteiger charge is 2.25. The molecule has 1 aromatic carbocycles. The number of nitrogens with zero attached hydrogens (tertiary/aromatic N) is 1. The molecule has 1 saturated heterocycles. The second-order valence-corrected chi connectivity index (χ2v) is 7.89. The molecular weight excluding hydrogens is 316 g/mol. The number of hydrogen-bond donors (Lipinski definition) is 1. The molecule has 0 saturated carbocycles. The SMILES string of the molecule is C[C@@H]1CN(C(=O)CCNC(=O)c2ccc(C(C)(C)C)cc2)C[C@@H](C)O1. The van der Waals surface area contributed by atoms with Gasteiger partial charge in [0.25, 0.3) is 5.91 Å². The summed E-state index contributed by atoms with van der Waals surface area (Å²) in [5, 5.41) is 2.83. The first-order valence-corrected chi connectivity index (χ1v) is 8.99. The molecule has 1 aliphatic heterocycles. The topological polar surface area (TPSA) is 58.6 Å². The first kappa shape index (κ1) is 19.4. The Labute approximate surface area is 150 Å². The van der Waals surface area contributed by atoms with Crippen LogP contribution >= 0.6 is 0 Å². The van der Waals surface area contributed by atoms with Crippen LogP contribution in [0.1, 0.15) is 57.0 Å². The van der Waals surface area contributed by atoms with Crippen molar-refractivity contribution in [3.63, 3.8) is 0 Å². The van der Waals surface area contributed by atoms with E-state index in [4.69, 9.17) is 4.74 Å². The van der Waals surface area contributed by atoms with Crippen molar-refractivity contribution in [2.45, 2.75) is 58.7 Å². The highest BCUT2D eigenvalue weighted by molar-refractivity contribution is 5.94. The Kier molecular flexibility index (Phi) is 6.22. The van der Waals surface area contributed by atoms with E-state index in [0.717, 1.165) is 0 Å². The first-order valence-electron chi connectivity index (χ1n) is 8.99. The molecule has 2 atom stereocenters. The molecular formula is C20H30N2O3. The number of benzene rings is 1. The number of morpholine rings is 1. The van der Waals surface area contributed by atoms with Crippen LogP contribution in [-0.2, 0) is 14.9 Å². The second kappa shape index (κ2) is 8.00. The number of carbonyl (C=O) groups excluding carboxylic acids is 2. The molecule has 0 bridgehead atoms. The molecule has 25 heavy (non-hydrogen) atoms. The summed E-state index contributed by atoms with van der Waals surface area (Å²) in [7, 11) is 0. The molecule has 0 radical (unpaired) electrons. The smallest absolute Gasteiger partial charge is 0.251 e. The Morgan fingerprint density at radius 2 is 1.68 bits per heavy atom. The monoisotopic (exact) mass is 346 g/mol. The van der Waals surface area contributed by atoms with E-state index in [1.807, 2.05) is 43.0 Å². The van der Waals surface area contributed by atoms with E-state index in [0.29, 0.717) is 31.6 Å². The lowest BCUT2D eigenvalue weighted by Gasteiger charge is -2.35. The highest BCUT2D eigenvalue weighted by atomic mass is 16.5. The zero-order valence-electron chi connectivity index (χ0n) is 16.0. The van der Waals surface area contributed by atoms with Gasteiger partial charge < -0.3 is 15.0 Å². The van der Waals surface area contributed by atoms with Crippen molar-refractivity contribution in [1.29, 1.82) is 0 Å². The number of carbonyl (C=O) groups is 2. The van der Waals surface area contributed by atoms with Gasteiger partial charge in [0.2, 0.25) is 5.91 Å². The quantitative estimate of drug-likeness (QED) is 0.912. The summed E-state index contributed by atoms with van der Waals surface area (Å²) in [6.07, 6.45) is 0.429. The number of hydrogen-bond acceptors (Lipinski definition) is 3. The van der Waals surface area contributed by atoms with Gasteiger partial charge >= 0.3 is 0 Å². The third-order valence-corrected chi connectivity index (χ3v) is 4.41. The Balaban J connectivity index is 1.81. The maximum absolute atomic E-state index is 12.3. The Hall–Kier alpha value is -1.88. The molecule has 0 aliphatic carbocycles. The lowest BCUT2D eigenvalue weighted by Crippen LogP contribution is -2.48. The molecule has 0 unspecified atom stereocenters. The van der Waals surface area contributed by atoms with Gasteiger partial charge in [0.1, 0.15) is 0 Å². The van der Waals surface area contributed by atoms with Gasteiger partial charge in [-0.1, -0.05) is 32.9 Å². The van der Waals surface area contributed by atoms with Crippen molar-refractivity contribution in [2.24, 2.45) is 0 Å². The van der Waals surface area contributed by atoms with Gasteiger partial charge in [0.15, 0.2) is 0 Å². The molecule has 1 aromatic rings. The second-order valence-electron chi connectivity index (χ2n) is 7.89. The van der Waals surface area contributed by atoms with Crippen LogP contribution in [0.15, 0.2) is 24.3 Å². The summed E-state index contributed by atoms with van der Waals surface area (Å²) in [5.74, 6) is -0.0812. The highest BCUT2D eigenvalue weighted by Crippen LogP contribution is 2.22. The van der Waals surface area contributed by atoms with Crippen molar-refractivity contribution in [3.05, 3.63) is 35.4 Å². The number of rotatable bonds is 4. The van der Waals surface area contributed by atoms with Crippen LogP contribution in [0.4, 0.5) is 0 Å². The molecule has 2 amide bonds. The molecule has 2 rings (SSSR count). The molecule has 1 aliphatic rings. The van der Waals surface area contributed by atoms with Crippen LogP contribution in [0.5, 0.6) is 0 Å². The van der Waals surface area contributed by atoms with Gasteiger partial charge in [-0.3, -0.25) is 9.59 Å². The summed E-state index contributed by atoms with van der Waals surface area (Å²) in [6.45, 7) is 11.9.